The van der Waals surface area contributed by atoms with Crippen molar-refractivity contribution in [3.63, 3.8) is 0 Å². The van der Waals surface area contributed by atoms with Gasteiger partial charge in [-0.05, 0) is 54.5 Å². The van der Waals surface area contributed by atoms with Crippen LogP contribution < -0.4 is 5.32 Å². The normalized spacial score (nSPS) is 36.0. The van der Waals surface area contributed by atoms with E-state index in [0.717, 1.165) is 18.9 Å². The van der Waals surface area contributed by atoms with Crippen molar-refractivity contribution in [3.05, 3.63) is 18.0 Å². The Morgan fingerprint density at radius 1 is 1.42 bits per heavy atom. The number of aromatic nitrogens is 2. The maximum atomic E-state index is 4.24. The topological polar surface area (TPSA) is 29.9 Å². The molecule has 3 atom stereocenters. The van der Waals surface area contributed by atoms with Crippen LogP contribution in [0.1, 0.15) is 45.6 Å². The molecule has 2 aliphatic rings. The summed E-state index contributed by atoms with van der Waals surface area (Å²) < 4.78 is 1.89. The predicted molar refractivity (Wildman–Crippen MR) is 77.9 cm³/mol. The average Bonchev–Trinajstić information content (AvgIpc) is 2.95. The maximum absolute atomic E-state index is 4.24. The summed E-state index contributed by atoms with van der Waals surface area (Å²) in [4.78, 5) is 0. The standard InChI is InChI=1S/C16H27N3/c1-15(2)13-5-7-16(3,9-13)14(15)17-8-6-12-10-18-19(4)11-12/h10-11,13-14,17H,5-9H2,1-4H3. The van der Waals surface area contributed by atoms with Crippen molar-refractivity contribution in [2.75, 3.05) is 6.54 Å². The first kappa shape index (κ1) is 13.2. The Labute approximate surface area is 116 Å². The molecule has 0 saturated heterocycles. The molecule has 3 unspecified atom stereocenters. The third-order valence-electron chi connectivity index (χ3n) is 5.79. The van der Waals surface area contributed by atoms with Crippen molar-refractivity contribution in [2.45, 2.75) is 52.5 Å². The lowest BCUT2D eigenvalue weighted by atomic mass is 9.68. The summed E-state index contributed by atoms with van der Waals surface area (Å²) in [6, 6.07) is 0.676. The molecular weight excluding hydrogens is 234 g/mol. The number of nitrogens with zero attached hydrogens (tertiary/aromatic N) is 2. The second kappa shape index (κ2) is 4.34. The number of nitrogens with one attached hydrogen (secondary N) is 1. The van der Waals surface area contributed by atoms with Gasteiger partial charge in [0.2, 0.25) is 0 Å². The third kappa shape index (κ3) is 2.12. The summed E-state index contributed by atoms with van der Waals surface area (Å²) in [5, 5.41) is 8.10. The second-order valence-corrected chi connectivity index (χ2v) is 7.57. The van der Waals surface area contributed by atoms with Crippen LogP contribution in [-0.4, -0.2) is 22.4 Å². The molecule has 19 heavy (non-hydrogen) atoms. The van der Waals surface area contributed by atoms with Crippen LogP contribution in [0.15, 0.2) is 12.4 Å². The minimum Gasteiger partial charge on any atom is -0.313 e. The first-order chi connectivity index (χ1) is 8.92. The summed E-state index contributed by atoms with van der Waals surface area (Å²) in [6.45, 7) is 8.49. The van der Waals surface area contributed by atoms with Crippen LogP contribution in [0.5, 0.6) is 0 Å². The lowest BCUT2D eigenvalue weighted by Crippen LogP contribution is -2.50. The van der Waals surface area contributed by atoms with Crippen LogP contribution >= 0.6 is 0 Å². The maximum Gasteiger partial charge on any atom is 0.0522 e. The second-order valence-electron chi connectivity index (χ2n) is 7.57. The molecule has 2 aliphatic carbocycles. The largest absolute Gasteiger partial charge is 0.313 e. The highest BCUT2D eigenvalue weighted by molar-refractivity contribution is 5.12. The van der Waals surface area contributed by atoms with Crippen LogP contribution in [0.3, 0.4) is 0 Å². The molecule has 3 nitrogen and oxygen atoms in total. The van der Waals surface area contributed by atoms with E-state index >= 15 is 0 Å². The van der Waals surface area contributed by atoms with Gasteiger partial charge < -0.3 is 5.32 Å². The monoisotopic (exact) mass is 261 g/mol. The van der Waals surface area contributed by atoms with E-state index in [1.165, 1.54) is 24.8 Å². The lowest BCUT2D eigenvalue weighted by Gasteiger charge is -2.43. The van der Waals surface area contributed by atoms with Crippen LogP contribution in [0.25, 0.3) is 0 Å². The van der Waals surface area contributed by atoms with Crippen LogP contribution in [-0.2, 0) is 13.5 Å². The van der Waals surface area contributed by atoms with E-state index in [1.807, 2.05) is 17.9 Å². The van der Waals surface area contributed by atoms with Crippen LogP contribution in [0, 0.1) is 16.7 Å². The van der Waals surface area contributed by atoms with Gasteiger partial charge in [-0.1, -0.05) is 20.8 Å². The molecule has 0 aliphatic heterocycles. The Kier molecular flexibility index (Phi) is 3.01. The van der Waals surface area contributed by atoms with Gasteiger partial charge in [-0.2, -0.15) is 5.10 Å². The quantitative estimate of drug-likeness (QED) is 0.903. The van der Waals surface area contributed by atoms with Gasteiger partial charge in [0.25, 0.3) is 0 Å². The number of hydrogen-bond donors (Lipinski definition) is 1. The molecular formula is C16H27N3. The molecule has 106 valence electrons. The van der Waals surface area contributed by atoms with Gasteiger partial charge in [-0.3, -0.25) is 4.68 Å². The van der Waals surface area contributed by atoms with E-state index in [4.69, 9.17) is 0 Å². The SMILES string of the molecule is Cn1cc(CCNC2C3(C)CCC(C3)C2(C)C)cn1. The number of hydrogen-bond acceptors (Lipinski definition) is 2. The van der Waals surface area contributed by atoms with Crippen molar-refractivity contribution in [1.82, 2.24) is 15.1 Å². The van der Waals surface area contributed by atoms with Gasteiger partial charge in [0.05, 0.1) is 6.20 Å². The van der Waals surface area contributed by atoms with Crippen molar-refractivity contribution in [2.24, 2.45) is 23.8 Å². The molecule has 1 N–H and O–H groups in total. The fraction of sp³-hybridized carbons (Fsp3) is 0.812. The molecule has 1 heterocycles. The van der Waals surface area contributed by atoms with E-state index < -0.39 is 0 Å². The van der Waals surface area contributed by atoms with E-state index in [9.17, 15) is 0 Å². The van der Waals surface area contributed by atoms with Crippen LogP contribution in [0.4, 0.5) is 0 Å². The Morgan fingerprint density at radius 2 is 2.21 bits per heavy atom. The Balaban J connectivity index is 1.60. The van der Waals surface area contributed by atoms with E-state index in [1.54, 1.807) is 0 Å². The predicted octanol–water partition coefficient (Wildman–Crippen LogP) is 2.77. The molecule has 2 bridgehead atoms. The summed E-state index contributed by atoms with van der Waals surface area (Å²) in [6.07, 6.45) is 9.45. The highest BCUT2D eigenvalue weighted by Gasteiger charge is 2.58. The highest BCUT2D eigenvalue weighted by atomic mass is 15.2. The molecule has 0 spiro atoms. The Bertz CT molecular complexity index is 458. The van der Waals surface area contributed by atoms with E-state index in [2.05, 4.69) is 37.4 Å². The number of fused-ring (bicyclic) bond motifs is 2. The van der Waals surface area contributed by atoms with Gasteiger partial charge >= 0.3 is 0 Å². The fourth-order valence-electron chi connectivity index (χ4n) is 4.77. The summed E-state index contributed by atoms with van der Waals surface area (Å²) in [5.41, 5.74) is 2.33. The summed E-state index contributed by atoms with van der Waals surface area (Å²) in [5.74, 6) is 0.924. The van der Waals surface area contributed by atoms with Crippen LogP contribution in [0.2, 0.25) is 0 Å². The minimum absolute atomic E-state index is 0.460. The Hall–Kier alpha value is -0.830. The zero-order valence-electron chi connectivity index (χ0n) is 12.7. The molecule has 2 saturated carbocycles. The summed E-state index contributed by atoms with van der Waals surface area (Å²) in [7, 11) is 1.98. The van der Waals surface area contributed by atoms with E-state index in [-0.39, 0.29) is 0 Å². The van der Waals surface area contributed by atoms with Crippen molar-refractivity contribution < 1.29 is 0 Å². The third-order valence-corrected chi connectivity index (χ3v) is 5.79. The molecule has 2 fully saturated rings. The van der Waals surface area contributed by atoms with Crippen molar-refractivity contribution >= 4 is 0 Å². The van der Waals surface area contributed by atoms with Crippen molar-refractivity contribution in [1.29, 1.82) is 0 Å². The lowest BCUT2D eigenvalue weighted by molar-refractivity contribution is 0.110. The first-order valence-corrected chi connectivity index (χ1v) is 7.63. The summed E-state index contributed by atoms with van der Waals surface area (Å²) >= 11 is 0. The smallest absolute Gasteiger partial charge is 0.0522 e. The van der Waals surface area contributed by atoms with Gasteiger partial charge in [-0.25, -0.2) is 0 Å². The fourth-order valence-corrected chi connectivity index (χ4v) is 4.77. The van der Waals surface area contributed by atoms with Crippen molar-refractivity contribution in [3.8, 4) is 0 Å². The first-order valence-electron chi connectivity index (χ1n) is 7.63. The Morgan fingerprint density at radius 3 is 2.79 bits per heavy atom. The zero-order valence-corrected chi connectivity index (χ0v) is 12.7. The minimum atomic E-state index is 0.460. The highest BCUT2D eigenvalue weighted by Crippen LogP contribution is 2.62. The van der Waals surface area contributed by atoms with Gasteiger partial charge in [0.1, 0.15) is 0 Å². The number of aryl methyl sites for hydroxylation is 1. The average molecular weight is 261 g/mol. The molecule has 0 aromatic carbocycles. The molecule has 1 aromatic heterocycles. The van der Waals surface area contributed by atoms with E-state index in [0.29, 0.717) is 16.9 Å². The van der Waals surface area contributed by atoms with Gasteiger partial charge in [-0.15, -0.1) is 0 Å². The molecule has 0 radical (unpaired) electrons. The molecule has 3 heteroatoms. The van der Waals surface area contributed by atoms with Gasteiger partial charge in [0.15, 0.2) is 0 Å². The molecule has 1 aromatic rings. The molecule has 3 rings (SSSR count). The molecule has 0 amide bonds. The van der Waals surface area contributed by atoms with Gasteiger partial charge in [0, 0.05) is 19.3 Å². The zero-order chi connectivity index (χ0) is 13.7. The number of rotatable bonds is 4.